The highest BCUT2D eigenvalue weighted by Gasteiger charge is 2.26. The van der Waals surface area contributed by atoms with Gasteiger partial charge in [0.15, 0.2) is 17.5 Å². The van der Waals surface area contributed by atoms with Gasteiger partial charge >= 0.3 is 0 Å². The van der Waals surface area contributed by atoms with Crippen molar-refractivity contribution in [2.45, 2.75) is 57.2 Å². The Morgan fingerprint density at radius 3 is 2.53 bits per heavy atom. The van der Waals surface area contributed by atoms with Crippen LogP contribution in [0.25, 0.3) is 0 Å². The van der Waals surface area contributed by atoms with Crippen molar-refractivity contribution in [1.29, 1.82) is 0 Å². The standard InChI is InChI=1S/C24H37N5O3/c1-25-24(29-14-12-28(13-15-29)17-22(30)27-19-10-11-19)26-16-18-6-5-9-21(31-2)23(18)32-20-7-3-4-8-20/h5-6,9,19-20H,3-4,7-8,10-17H2,1-2H3,(H,25,26)(H,27,30). The van der Waals surface area contributed by atoms with E-state index < -0.39 is 0 Å². The van der Waals surface area contributed by atoms with E-state index in [0.29, 0.717) is 19.1 Å². The van der Waals surface area contributed by atoms with Crippen LogP contribution in [0.5, 0.6) is 11.5 Å². The van der Waals surface area contributed by atoms with Crippen LogP contribution in [0.1, 0.15) is 44.1 Å². The molecule has 1 amide bonds. The summed E-state index contributed by atoms with van der Waals surface area (Å²) in [4.78, 5) is 21.0. The van der Waals surface area contributed by atoms with Crippen molar-refractivity contribution in [2.75, 3.05) is 46.9 Å². The van der Waals surface area contributed by atoms with Crippen LogP contribution < -0.4 is 20.1 Å². The zero-order valence-corrected chi connectivity index (χ0v) is 19.4. The number of piperazine rings is 1. The molecular formula is C24H37N5O3. The fraction of sp³-hybridized carbons (Fsp3) is 0.667. The van der Waals surface area contributed by atoms with Crippen molar-refractivity contribution < 1.29 is 14.3 Å². The second-order valence-corrected chi connectivity index (χ2v) is 8.98. The van der Waals surface area contributed by atoms with E-state index in [1.54, 1.807) is 7.11 Å². The third-order valence-electron chi connectivity index (χ3n) is 6.50. The highest BCUT2D eigenvalue weighted by atomic mass is 16.5. The van der Waals surface area contributed by atoms with Gasteiger partial charge < -0.3 is 25.0 Å². The van der Waals surface area contributed by atoms with E-state index in [1.807, 2.05) is 19.2 Å². The van der Waals surface area contributed by atoms with Gasteiger partial charge in [0.25, 0.3) is 0 Å². The number of carbonyl (C=O) groups excluding carboxylic acids is 1. The fourth-order valence-electron chi connectivity index (χ4n) is 4.50. The van der Waals surface area contributed by atoms with Crippen LogP contribution in [0.3, 0.4) is 0 Å². The van der Waals surface area contributed by atoms with Gasteiger partial charge in [0.1, 0.15) is 0 Å². The fourth-order valence-corrected chi connectivity index (χ4v) is 4.50. The molecule has 8 heteroatoms. The smallest absolute Gasteiger partial charge is 0.234 e. The molecule has 2 saturated carbocycles. The minimum Gasteiger partial charge on any atom is -0.493 e. The Hall–Kier alpha value is -2.48. The van der Waals surface area contributed by atoms with Gasteiger partial charge in [0.2, 0.25) is 5.91 Å². The van der Waals surface area contributed by atoms with Gasteiger partial charge in [-0.05, 0) is 44.6 Å². The second kappa shape index (κ2) is 10.9. The van der Waals surface area contributed by atoms with Crippen molar-refractivity contribution in [3.05, 3.63) is 23.8 Å². The van der Waals surface area contributed by atoms with Gasteiger partial charge in [0.05, 0.1) is 19.8 Å². The molecule has 1 heterocycles. The van der Waals surface area contributed by atoms with Gasteiger partial charge in [-0.3, -0.25) is 14.7 Å². The molecular weight excluding hydrogens is 406 g/mol. The van der Waals surface area contributed by atoms with Crippen molar-refractivity contribution in [2.24, 2.45) is 4.99 Å². The first-order valence-corrected chi connectivity index (χ1v) is 12.0. The number of aliphatic imine (C=N–C) groups is 1. The molecule has 1 aliphatic heterocycles. The number of para-hydroxylation sites is 1. The number of methoxy groups -OCH3 is 1. The molecule has 0 aromatic heterocycles. The van der Waals surface area contributed by atoms with Gasteiger partial charge in [0, 0.05) is 51.4 Å². The lowest BCUT2D eigenvalue weighted by atomic mass is 10.1. The van der Waals surface area contributed by atoms with Crippen molar-refractivity contribution >= 4 is 11.9 Å². The highest BCUT2D eigenvalue weighted by molar-refractivity contribution is 5.80. The summed E-state index contributed by atoms with van der Waals surface area (Å²) in [5, 5.41) is 6.58. The molecule has 2 aliphatic carbocycles. The number of amides is 1. The first-order chi connectivity index (χ1) is 15.7. The van der Waals surface area contributed by atoms with Crippen molar-refractivity contribution in [3.63, 3.8) is 0 Å². The molecule has 0 bridgehead atoms. The SMILES string of the molecule is CN=C(NCc1cccc(OC)c1OC1CCCC1)N1CCN(CC(=O)NC2CC2)CC1. The minimum atomic E-state index is 0.149. The molecule has 176 valence electrons. The molecule has 1 aromatic rings. The quantitative estimate of drug-likeness (QED) is 0.473. The third kappa shape index (κ3) is 6.06. The van der Waals surface area contributed by atoms with E-state index in [0.717, 1.165) is 74.9 Å². The van der Waals surface area contributed by atoms with Crippen LogP contribution in [0.4, 0.5) is 0 Å². The molecule has 8 nitrogen and oxygen atoms in total. The molecule has 4 rings (SSSR count). The Kier molecular flexibility index (Phi) is 7.73. The molecule has 3 fully saturated rings. The lowest BCUT2D eigenvalue weighted by Gasteiger charge is -2.36. The summed E-state index contributed by atoms with van der Waals surface area (Å²) in [5.41, 5.74) is 1.08. The number of carbonyl (C=O) groups is 1. The Morgan fingerprint density at radius 1 is 1.12 bits per heavy atom. The average Bonchev–Trinajstić information content (AvgIpc) is 3.46. The topological polar surface area (TPSA) is 78.4 Å². The van der Waals surface area contributed by atoms with Crippen LogP contribution in [-0.4, -0.2) is 80.7 Å². The maximum atomic E-state index is 12.1. The summed E-state index contributed by atoms with van der Waals surface area (Å²) in [6.07, 6.45) is 7.20. The zero-order chi connectivity index (χ0) is 22.3. The van der Waals surface area contributed by atoms with Crippen molar-refractivity contribution in [3.8, 4) is 11.5 Å². The predicted octanol–water partition coefficient (Wildman–Crippen LogP) is 1.99. The number of nitrogens with one attached hydrogen (secondary N) is 2. The number of ether oxygens (including phenoxy) is 2. The molecule has 32 heavy (non-hydrogen) atoms. The van der Waals surface area contributed by atoms with E-state index in [2.05, 4.69) is 31.5 Å². The first-order valence-electron chi connectivity index (χ1n) is 12.0. The van der Waals surface area contributed by atoms with E-state index in [-0.39, 0.29) is 12.0 Å². The van der Waals surface area contributed by atoms with Crippen LogP contribution in [0.15, 0.2) is 23.2 Å². The molecule has 0 spiro atoms. The zero-order valence-electron chi connectivity index (χ0n) is 19.4. The number of hydrogen-bond acceptors (Lipinski definition) is 5. The molecule has 0 radical (unpaired) electrons. The maximum Gasteiger partial charge on any atom is 0.234 e. The largest absolute Gasteiger partial charge is 0.493 e. The first kappa shape index (κ1) is 22.7. The van der Waals surface area contributed by atoms with Gasteiger partial charge in [-0.25, -0.2) is 0 Å². The number of guanidine groups is 1. The summed E-state index contributed by atoms with van der Waals surface area (Å²) < 4.78 is 11.9. The van der Waals surface area contributed by atoms with E-state index in [1.165, 1.54) is 12.8 Å². The summed E-state index contributed by atoms with van der Waals surface area (Å²) in [5.74, 6) is 2.65. The van der Waals surface area contributed by atoms with Crippen LogP contribution in [-0.2, 0) is 11.3 Å². The molecule has 3 aliphatic rings. The third-order valence-corrected chi connectivity index (χ3v) is 6.50. The molecule has 1 aromatic carbocycles. The molecule has 1 saturated heterocycles. The normalized spacial score (nSPS) is 20.3. The van der Waals surface area contributed by atoms with Gasteiger partial charge in [-0.2, -0.15) is 0 Å². The lowest BCUT2D eigenvalue weighted by molar-refractivity contribution is -0.122. The minimum absolute atomic E-state index is 0.149. The monoisotopic (exact) mass is 443 g/mol. The van der Waals surface area contributed by atoms with Gasteiger partial charge in [-0.1, -0.05) is 12.1 Å². The number of hydrogen-bond donors (Lipinski definition) is 2. The highest BCUT2D eigenvalue weighted by Crippen LogP contribution is 2.34. The molecule has 2 N–H and O–H groups in total. The number of nitrogens with zero attached hydrogens (tertiary/aromatic N) is 3. The van der Waals surface area contributed by atoms with Crippen LogP contribution in [0.2, 0.25) is 0 Å². The van der Waals surface area contributed by atoms with Crippen LogP contribution >= 0.6 is 0 Å². The van der Waals surface area contributed by atoms with E-state index in [9.17, 15) is 4.79 Å². The van der Waals surface area contributed by atoms with E-state index in [4.69, 9.17) is 9.47 Å². The molecule has 0 unspecified atom stereocenters. The number of benzene rings is 1. The maximum absolute atomic E-state index is 12.1. The average molecular weight is 444 g/mol. The summed E-state index contributed by atoms with van der Waals surface area (Å²) in [6.45, 7) is 4.51. The van der Waals surface area contributed by atoms with Crippen molar-refractivity contribution in [1.82, 2.24) is 20.4 Å². The lowest BCUT2D eigenvalue weighted by Crippen LogP contribution is -2.54. The summed E-state index contributed by atoms with van der Waals surface area (Å²) >= 11 is 0. The number of rotatable bonds is 8. The van der Waals surface area contributed by atoms with Gasteiger partial charge in [-0.15, -0.1) is 0 Å². The Bertz CT molecular complexity index is 797. The summed E-state index contributed by atoms with van der Waals surface area (Å²) in [7, 11) is 3.51. The predicted molar refractivity (Wildman–Crippen MR) is 125 cm³/mol. The Morgan fingerprint density at radius 2 is 1.88 bits per heavy atom. The Labute approximate surface area is 191 Å². The Balaban J connectivity index is 1.30. The molecule has 0 atom stereocenters. The van der Waals surface area contributed by atoms with Crippen LogP contribution in [0, 0.1) is 0 Å². The van der Waals surface area contributed by atoms with E-state index >= 15 is 0 Å². The second-order valence-electron chi connectivity index (χ2n) is 8.98. The summed E-state index contributed by atoms with van der Waals surface area (Å²) in [6, 6.07) is 6.47.